The number of aliphatic hydroxyl groups excluding tert-OH is 3. The number of hydrogen-bond acceptors (Lipinski definition) is 7. The smallest absolute Gasteiger partial charge is 0.186 e. The van der Waals surface area contributed by atoms with Gasteiger partial charge in [-0.25, -0.2) is 0 Å². The molecule has 4 N–H and O–H groups in total. The van der Waals surface area contributed by atoms with Crippen molar-refractivity contribution < 1.29 is 29.5 Å². The number of aliphatic hydroxyl groups is 3. The number of ether oxygens (including phenoxy) is 3. The predicted octanol–water partition coefficient (Wildman–Crippen LogP) is -0.516. The van der Waals surface area contributed by atoms with E-state index in [1.54, 1.807) is 6.92 Å². The predicted molar refractivity (Wildman–Crippen MR) is 79.0 cm³/mol. The van der Waals surface area contributed by atoms with Gasteiger partial charge in [-0.2, -0.15) is 0 Å². The summed E-state index contributed by atoms with van der Waals surface area (Å²) in [4.78, 5) is 0. The zero-order valence-electron chi connectivity index (χ0n) is 13.3. The average molecular weight is 309 g/mol. The summed E-state index contributed by atoms with van der Waals surface area (Å²) in [7, 11) is 1.45. The minimum absolute atomic E-state index is 0.0349. The Bertz CT molecular complexity index is 232. The first kappa shape index (κ1) is 20.7. The van der Waals surface area contributed by atoms with Crippen LogP contribution in [0.3, 0.4) is 0 Å². The average Bonchev–Trinajstić information content (AvgIpc) is 2.51. The van der Waals surface area contributed by atoms with Crippen LogP contribution in [-0.2, 0) is 14.2 Å². The number of nitrogens with one attached hydrogen (secondary N) is 1. The molecule has 0 aliphatic rings. The molecule has 0 aliphatic heterocycles. The van der Waals surface area contributed by atoms with Crippen LogP contribution < -0.4 is 5.32 Å². The van der Waals surface area contributed by atoms with Gasteiger partial charge in [0.1, 0.15) is 12.2 Å². The summed E-state index contributed by atoms with van der Waals surface area (Å²) in [6.07, 6.45) is -2.12. The second-order valence-corrected chi connectivity index (χ2v) is 4.82. The van der Waals surface area contributed by atoms with E-state index < -0.39 is 24.6 Å². The lowest BCUT2D eigenvalue weighted by molar-refractivity contribution is -0.228. The first-order valence-electron chi connectivity index (χ1n) is 7.52. The van der Waals surface area contributed by atoms with Crippen LogP contribution in [-0.4, -0.2) is 79.9 Å². The van der Waals surface area contributed by atoms with E-state index in [0.29, 0.717) is 6.61 Å². The summed E-state index contributed by atoms with van der Waals surface area (Å²) in [6.45, 7) is 5.80. The lowest BCUT2D eigenvalue weighted by Gasteiger charge is -2.29. The Kier molecular flexibility index (Phi) is 13.2. The van der Waals surface area contributed by atoms with Gasteiger partial charge >= 0.3 is 0 Å². The molecule has 0 saturated carbocycles. The standard InChI is InChI=1S/C14H31NO6/c1-4-15-7-5-6-9-20-14(21-10-8-16)13(18)12(17)11(2)19-3/h11-18H,4-10H2,1-3H3/t11-,12+,13?,14-/m1/s1. The van der Waals surface area contributed by atoms with Crippen LogP contribution in [0.4, 0.5) is 0 Å². The SMILES string of the molecule is CCNCCCCO[C@H](OCCO)C(O)[C@@H](O)[C@@H](C)OC. The minimum Gasteiger partial charge on any atom is -0.394 e. The molecule has 0 radical (unpaired) electrons. The molecule has 0 aromatic heterocycles. The van der Waals surface area contributed by atoms with Crippen LogP contribution in [0, 0.1) is 0 Å². The van der Waals surface area contributed by atoms with E-state index in [-0.39, 0.29) is 13.2 Å². The maximum atomic E-state index is 10.1. The number of unbranched alkanes of at least 4 members (excludes halogenated alkanes) is 1. The maximum Gasteiger partial charge on any atom is 0.186 e. The summed E-state index contributed by atoms with van der Waals surface area (Å²) >= 11 is 0. The van der Waals surface area contributed by atoms with Gasteiger partial charge in [-0.15, -0.1) is 0 Å². The third-order valence-corrected chi connectivity index (χ3v) is 3.13. The fraction of sp³-hybridized carbons (Fsp3) is 1.00. The van der Waals surface area contributed by atoms with Crippen molar-refractivity contribution in [3.8, 4) is 0 Å². The van der Waals surface area contributed by atoms with Gasteiger partial charge < -0.3 is 34.8 Å². The normalized spacial score (nSPS) is 17.4. The Balaban J connectivity index is 4.17. The molecule has 0 aromatic rings. The second-order valence-electron chi connectivity index (χ2n) is 4.82. The Morgan fingerprint density at radius 1 is 1.05 bits per heavy atom. The molecule has 0 rings (SSSR count). The van der Waals surface area contributed by atoms with Gasteiger partial charge in [-0.05, 0) is 32.9 Å². The molecule has 21 heavy (non-hydrogen) atoms. The fourth-order valence-electron chi connectivity index (χ4n) is 1.72. The quantitative estimate of drug-likeness (QED) is 0.253. The first-order chi connectivity index (χ1) is 10.1. The fourth-order valence-corrected chi connectivity index (χ4v) is 1.72. The highest BCUT2D eigenvalue weighted by molar-refractivity contribution is 4.76. The molecule has 7 heteroatoms. The van der Waals surface area contributed by atoms with Gasteiger partial charge in [-0.1, -0.05) is 6.92 Å². The van der Waals surface area contributed by atoms with Crippen molar-refractivity contribution in [2.24, 2.45) is 0 Å². The molecular formula is C14H31NO6. The number of methoxy groups -OCH3 is 1. The molecule has 0 fully saturated rings. The van der Waals surface area contributed by atoms with Crippen molar-refractivity contribution in [1.82, 2.24) is 5.32 Å². The first-order valence-corrected chi connectivity index (χ1v) is 7.52. The van der Waals surface area contributed by atoms with Crippen molar-refractivity contribution in [3.63, 3.8) is 0 Å². The zero-order valence-corrected chi connectivity index (χ0v) is 13.3. The Hall–Kier alpha value is -0.280. The van der Waals surface area contributed by atoms with Crippen molar-refractivity contribution in [2.75, 3.05) is 40.0 Å². The second kappa shape index (κ2) is 13.4. The lowest BCUT2D eigenvalue weighted by atomic mass is 10.1. The molecule has 0 aliphatic carbocycles. The number of rotatable bonds is 14. The Morgan fingerprint density at radius 2 is 1.71 bits per heavy atom. The molecule has 7 nitrogen and oxygen atoms in total. The van der Waals surface area contributed by atoms with Crippen LogP contribution in [0.25, 0.3) is 0 Å². The third-order valence-electron chi connectivity index (χ3n) is 3.13. The maximum absolute atomic E-state index is 10.1. The number of hydrogen-bond donors (Lipinski definition) is 4. The molecule has 0 bridgehead atoms. The molecule has 4 atom stereocenters. The Morgan fingerprint density at radius 3 is 2.29 bits per heavy atom. The van der Waals surface area contributed by atoms with Gasteiger partial charge in [0.15, 0.2) is 6.29 Å². The van der Waals surface area contributed by atoms with E-state index in [9.17, 15) is 10.2 Å². The van der Waals surface area contributed by atoms with Crippen molar-refractivity contribution in [2.45, 2.75) is 51.3 Å². The molecule has 0 amide bonds. The summed E-state index contributed by atoms with van der Waals surface area (Å²) in [6, 6.07) is 0. The summed E-state index contributed by atoms with van der Waals surface area (Å²) in [5, 5.41) is 32.0. The summed E-state index contributed by atoms with van der Waals surface area (Å²) in [5.41, 5.74) is 0. The molecular weight excluding hydrogens is 278 g/mol. The van der Waals surface area contributed by atoms with E-state index in [1.807, 2.05) is 6.92 Å². The molecule has 0 saturated heterocycles. The van der Waals surface area contributed by atoms with Gasteiger partial charge in [0.05, 0.1) is 19.3 Å². The third kappa shape index (κ3) is 9.36. The van der Waals surface area contributed by atoms with Crippen molar-refractivity contribution in [3.05, 3.63) is 0 Å². The Labute approximate surface area is 127 Å². The molecule has 0 spiro atoms. The van der Waals surface area contributed by atoms with E-state index in [2.05, 4.69) is 5.32 Å². The highest BCUT2D eigenvalue weighted by atomic mass is 16.7. The molecule has 0 aromatic carbocycles. The van der Waals surface area contributed by atoms with Gasteiger partial charge in [0.2, 0.25) is 0 Å². The van der Waals surface area contributed by atoms with Crippen LogP contribution >= 0.6 is 0 Å². The van der Waals surface area contributed by atoms with E-state index in [4.69, 9.17) is 19.3 Å². The van der Waals surface area contributed by atoms with E-state index >= 15 is 0 Å². The van der Waals surface area contributed by atoms with Gasteiger partial charge in [-0.3, -0.25) is 0 Å². The summed E-state index contributed by atoms with van der Waals surface area (Å²) in [5.74, 6) is 0. The largest absolute Gasteiger partial charge is 0.394 e. The van der Waals surface area contributed by atoms with Crippen LogP contribution in [0.1, 0.15) is 26.7 Å². The van der Waals surface area contributed by atoms with Crippen LogP contribution in [0.15, 0.2) is 0 Å². The molecule has 128 valence electrons. The van der Waals surface area contributed by atoms with Crippen molar-refractivity contribution >= 4 is 0 Å². The minimum atomic E-state index is -1.24. The van der Waals surface area contributed by atoms with Crippen molar-refractivity contribution in [1.29, 1.82) is 0 Å². The van der Waals surface area contributed by atoms with Gasteiger partial charge in [0.25, 0.3) is 0 Å². The van der Waals surface area contributed by atoms with Crippen LogP contribution in [0.2, 0.25) is 0 Å². The topological polar surface area (TPSA) is 100 Å². The highest BCUT2D eigenvalue weighted by Gasteiger charge is 2.31. The van der Waals surface area contributed by atoms with Crippen LogP contribution in [0.5, 0.6) is 0 Å². The zero-order chi connectivity index (χ0) is 16.1. The summed E-state index contributed by atoms with van der Waals surface area (Å²) < 4.78 is 15.7. The van der Waals surface area contributed by atoms with Gasteiger partial charge in [0, 0.05) is 13.7 Å². The highest BCUT2D eigenvalue weighted by Crippen LogP contribution is 2.12. The molecule has 0 heterocycles. The lowest BCUT2D eigenvalue weighted by Crippen LogP contribution is -2.46. The monoisotopic (exact) mass is 309 g/mol. The molecule has 1 unspecified atom stereocenters. The van der Waals surface area contributed by atoms with E-state index in [1.165, 1.54) is 7.11 Å². The van der Waals surface area contributed by atoms with E-state index in [0.717, 1.165) is 25.9 Å².